The maximum absolute atomic E-state index is 11.9. The van der Waals surface area contributed by atoms with Gasteiger partial charge in [0.05, 0.1) is 5.52 Å². The summed E-state index contributed by atoms with van der Waals surface area (Å²) in [7, 11) is 0. The van der Waals surface area contributed by atoms with Crippen molar-refractivity contribution in [1.82, 2.24) is 15.4 Å². The number of rotatable bonds is 6. The molecule has 0 radical (unpaired) electrons. The van der Waals surface area contributed by atoms with Gasteiger partial charge >= 0.3 is 0 Å². The van der Waals surface area contributed by atoms with Gasteiger partial charge in [-0.05, 0) is 58.1 Å². The minimum atomic E-state index is -0.348. The van der Waals surface area contributed by atoms with E-state index in [9.17, 15) is 4.79 Å². The highest BCUT2D eigenvalue weighted by molar-refractivity contribution is 9.10. The molecule has 150 valence electrons. The first-order valence-corrected chi connectivity index (χ1v) is 10.4. The van der Waals surface area contributed by atoms with Crippen LogP contribution in [0.4, 0.5) is 0 Å². The molecule has 2 N–H and O–H groups in total. The van der Waals surface area contributed by atoms with Gasteiger partial charge in [0, 0.05) is 30.0 Å². The molecule has 1 unspecified atom stereocenters. The summed E-state index contributed by atoms with van der Waals surface area (Å²) in [4.78, 5) is 25.2. The smallest absolute Gasteiger partial charge is 0.267 e. The van der Waals surface area contributed by atoms with Gasteiger partial charge in [-0.2, -0.15) is 0 Å². The van der Waals surface area contributed by atoms with Crippen LogP contribution < -0.4 is 5.48 Å². The van der Waals surface area contributed by atoms with Gasteiger partial charge in [0.2, 0.25) is 0 Å². The quantitative estimate of drug-likeness (QED) is 0.423. The van der Waals surface area contributed by atoms with Crippen LogP contribution in [0.1, 0.15) is 36.2 Å². The number of hydrogen-bond donors (Lipinski definition) is 2. The van der Waals surface area contributed by atoms with Gasteiger partial charge in [-0.25, -0.2) is 15.3 Å². The monoisotopic (exact) mass is 455 g/mol. The lowest BCUT2D eigenvalue weighted by Crippen LogP contribution is -2.32. The van der Waals surface area contributed by atoms with Gasteiger partial charge in [0.25, 0.3) is 5.91 Å². The number of hydrogen-bond acceptors (Lipinski definition) is 4. The first kappa shape index (κ1) is 19.8. The van der Waals surface area contributed by atoms with Gasteiger partial charge in [-0.15, -0.1) is 0 Å². The molecular formula is C22H22BrN3O3. The summed E-state index contributed by atoms with van der Waals surface area (Å²) in [5.41, 5.74) is 6.44. The number of para-hydroxylation sites is 1. The number of carbonyl (C=O) groups is 1. The second-order valence-corrected chi connectivity index (χ2v) is 7.81. The van der Waals surface area contributed by atoms with Gasteiger partial charge in [0.1, 0.15) is 11.3 Å². The fourth-order valence-electron chi connectivity index (χ4n) is 3.21. The number of nitrogens with zero attached hydrogens (tertiary/aromatic N) is 1. The van der Waals surface area contributed by atoms with Crippen molar-refractivity contribution in [3.63, 3.8) is 0 Å². The Bertz CT molecular complexity index is 1010. The average Bonchev–Trinajstić information content (AvgIpc) is 3.16. The van der Waals surface area contributed by atoms with Gasteiger partial charge in [-0.3, -0.25) is 4.79 Å². The Hall–Kier alpha value is -2.48. The van der Waals surface area contributed by atoms with Crippen LogP contribution in [-0.4, -0.2) is 28.8 Å². The third-order valence-corrected chi connectivity index (χ3v) is 5.36. The summed E-state index contributed by atoms with van der Waals surface area (Å²) in [6.45, 7) is 0.675. The molecule has 7 heteroatoms. The summed E-state index contributed by atoms with van der Waals surface area (Å²) in [6, 6.07) is 14.0. The second-order valence-electron chi connectivity index (χ2n) is 6.95. The van der Waals surface area contributed by atoms with Crippen molar-refractivity contribution in [1.29, 1.82) is 0 Å². The number of aromatic amines is 1. The highest BCUT2D eigenvalue weighted by Crippen LogP contribution is 2.22. The summed E-state index contributed by atoms with van der Waals surface area (Å²) < 4.78 is 6.39. The minimum Gasteiger partial charge on any atom is -0.350 e. The van der Waals surface area contributed by atoms with E-state index in [4.69, 9.17) is 9.57 Å². The van der Waals surface area contributed by atoms with Crippen molar-refractivity contribution in [3.8, 4) is 0 Å². The van der Waals surface area contributed by atoms with E-state index in [1.165, 1.54) is 6.08 Å². The molecule has 1 fully saturated rings. The molecule has 3 aromatic rings. The molecule has 2 aromatic carbocycles. The largest absolute Gasteiger partial charge is 0.350 e. The topological polar surface area (TPSA) is 76.2 Å². The molecule has 0 bridgehead atoms. The Labute approximate surface area is 177 Å². The number of amides is 1. The van der Waals surface area contributed by atoms with E-state index in [0.29, 0.717) is 13.0 Å². The van der Waals surface area contributed by atoms with Crippen LogP contribution in [-0.2, 0) is 20.8 Å². The molecule has 4 rings (SSSR count). The maximum Gasteiger partial charge on any atom is 0.267 e. The molecule has 1 aromatic heterocycles. The van der Waals surface area contributed by atoms with E-state index in [1.807, 2.05) is 42.5 Å². The molecule has 0 saturated carbocycles. The highest BCUT2D eigenvalue weighted by Gasteiger charge is 2.14. The van der Waals surface area contributed by atoms with E-state index in [0.717, 1.165) is 51.7 Å². The number of nitrogens with one attached hydrogen (secondary N) is 2. The van der Waals surface area contributed by atoms with Crippen LogP contribution in [0.15, 0.2) is 53.0 Å². The summed E-state index contributed by atoms with van der Waals surface area (Å²) in [5, 5.41) is 0. The van der Waals surface area contributed by atoms with Crippen molar-refractivity contribution in [3.05, 3.63) is 70.0 Å². The van der Waals surface area contributed by atoms with Crippen LogP contribution >= 0.6 is 15.9 Å². The van der Waals surface area contributed by atoms with Crippen molar-refractivity contribution in [2.45, 2.75) is 32.0 Å². The normalized spacial score (nSPS) is 17.1. The Balaban J connectivity index is 1.31. The molecule has 1 amide bonds. The molecule has 0 aliphatic carbocycles. The molecule has 6 nitrogen and oxygen atoms in total. The standard InChI is InChI=1S/C22H22BrN3O3/c23-17-4-3-5-18-22(17)25-19(24-18)14-16-9-7-15(8-10-16)11-12-20(27)26-29-21-6-1-2-13-28-21/h3-5,7-12,21H,1-2,6,13-14H2,(H,24,25)(H,26,27). The van der Waals surface area contributed by atoms with E-state index in [1.54, 1.807) is 6.08 Å². The number of H-pyrrole nitrogens is 1. The molecule has 1 aliphatic rings. The first-order valence-electron chi connectivity index (χ1n) is 9.65. The van der Waals surface area contributed by atoms with Crippen molar-refractivity contribution in [2.75, 3.05) is 6.61 Å². The van der Waals surface area contributed by atoms with Gasteiger partial charge in [-0.1, -0.05) is 30.3 Å². The number of fused-ring (bicyclic) bond motifs is 1. The number of benzene rings is 2. The van der Waals surface area contributed by atoms with Crippen molar-refractivity contribution < 1.29 is 14.4 Å². The van der Waals surface area contributed by atoms with E-state index < -0.39 is 0 Å². The molecule has 1 aliphatic heterocycles. The van der Waals surface area contributed by atoms with Gasteiger partial charge < -0.3 is 9.72 Å². The number of imidazole rings is 1. The lowest BCUT2D eigenvalue weighted by molar-refractivity contribution is -0.198. The molecule has 1 atom stereocenters. The number of hydroxylamine groups is 1. The lowest BCUT2D eigenvalue weighted by Gasteiger charge is -2.21. The van der Waals surface area contributed by atoms with E-state index in [2.05, 4.69) is 31.4 Å². The van der Waals surface area contributed by atoms with E-state index >= 15 is 0 Å². The summed E-state index contributed by atoms with van der Waals surface area (Å²) in [5.74, 6) is 0.604. The number of carbonyl (C=O) groups excluding carboxylic acids is 1. The molecule has 2 heterocycles. The summed E-state index contributed by atoms with van der Waals surface area (Å²) >= 11 is 3.53. The zero-order valence-corrected chi connectivity index (χ0v) is 17.4. The Kier molecular flexibility index (Phi) is 6.39. The Morgan fingerprint density at radius 2 is 2.14 bits per heavy atom. The third kappa shape index (κ3) is 5.32. The molecule has 29 heavy (non-hydrogen) atoms. The van der Waals surface area contributed by atoms with Crippen molar-refractivity contribution >= 4 is 38.9 Å². The Morgan fingerprint density at radius 3 is 2.90 bits per heavy atom. The molecule has 0 spiro atoms. The van der Waals surface area contributed by atoms with Crippen LogP contribution in [0, 0.1) is 0 Å². The summed E-state index contributed by atoms with van der Waals surface area (Å²) in [6.07, 6.45) is 6.45. The Morgan fingerprint density at radius 1 is 1.28 bits per heavy atom. The SMILES string of the molecule is O=C(C=Cc1ccc(Cc2nc3c(Br)cccc3[nH]2)cc1)NOC1CCCCO1. The van der Waals surface area contributed by atoms with Crippen molar-refractivity contribution in [2.24, 2.45) is 0 Å². The predicted molar refractivity (Wildman–Crippen MR) is 115 cm³/mol. The van der Waals surface area contributed by atoms with Crippen LogP contribution in [0.5, 0.6) is 0 Å². The van der Waals surface area contributed by atoms with Crippen LogP contribution in [0.3, 0.4) is 0 Å². The molecular weight excluding hydrogens is 434 g/mol. The van der Waals surface area contributed by atoms with Crippen LogP contribution in [0.2, 0.25) is 0 Å². The van der Waals surface area contributed by atoms with E-state index in [-0.39, 0.29) is 12.2 Å². The predicted octanol–water partition coefficient (Wildman–Crippen LogP) is 4.50. The third-order valence-electron chi connectivity index (χ3n) is 4.72. The maximum atomic E-state index is 11.9. The van der Waals surface area contributed by atoms with Gasteiger partial charge in [0.15, 0.2) is 6.29 Å². The number of halogens is 1. The first-order chi connectivity index (χ1) is 14.2. The fraction of sp³-hybridized carbons (Fsp3) is 0.273. The highest BCUT2D eigenvalue weighted by atomic mass is 79.9. The minimum absolute atomic E-state index is 0.309. The average molecular weight is 456 g/mol. The second kappa shape index (κ2) is 9.35. The zero-order valence-electron chi connectivity index (χ0n) is 15.9. The zero-order chi connectivity index (χ0) is 20.1. The fourth-order valence-corrected chi connectivity index (χ4v) is 3.66. The number of aromatic nitrogens is 2. The van der Waals surface area contributed by atoms with Crippen LogP contribution in [0.25, 0.3) is 17.1 Å². The molecule has 1 saturated heterocycles. The number of ether oxygens (including phenoxy) is 1. The lowest BCUT2D eigenvalue weighted by atomic mass is 10.1.